The Labute approximate surface area is 148 Å². The number of aromatic amines is 1. The SMILES string of the molecule is CC(C)Cc1ccc(C(=O)C2CCN(c3ncc[nH]c3=O)CC2)cc1. The summed E-state index contributed by atoms with van der Waals surface area (Å²) in [5.41, 5.74) is 1.89. The lowest BCUT2D eigenvalue weighted by atomic mass is 9.88. The molecule has 1 aromatic carbocycles. The van der Waals surface area contributed by atoms with Gasteiger partial charge in [0, 0.05) is 37.0 Å². The number of aromatic nitrogens is 2. The molecular formula is C20H25N3O2. The summed E-state index contributed by atoms with van der Waals surface area (Å²) in [5, 5.41) is 0. The van der Waals surface area contributed by atoms with E-state index in [4.69, 9.17) is 0 Å². The molecular weight excluding hydrogens is 314 g/mol. The molecule has 1 aromatic heterocycles. The Morgan fingerprint density at radius 2 is 1.92 bits per heavy atom. The molecule has 0 atom stereocenters. The van der Waals surface area contributed by atoms with Gasteiger partial charge < -0.3 is 9.88 Å². The van der Waals surface area contributed by atoms with E-state index in [0.717, 1.165) is 24.8 Å². The first-order chi connectivity index (χ1) is 12.0. The lowest BCUT2D eigenvalue weighted by Gasteiger charge is -2.31. The number of hydrogen-bond donors (Lipinski definition) is 1. The van der Waals surface area contributed by atoms with Crippen LogP contribution in [0.1, 0.15) is 42.6 Å². The van der Waals surface area contributed by atoms with Crippen molar-refractivity contribution in [2.75, 3.05) is 18.0 Å². The molecule has 0 saturated carbocycles. The van der Waals surface area contributed by atoms with Crippen LogP contribution in [0.4, 0.5) is 5.82 Å². The predicted octanol–water partition coefficient (Wildman–Crippen LogP) is 3.07. The number of carbonyl (C=O) groups excluding carboxylic acids is 1. The largest absolute Gasteiger partial charge is 0.352 e. The molecule has 1 aliphatic rings. The van der Waals surface area contributed by atoms with Crippen LogP contribution in [0.15, 0.2) is 41.5 Å². The average molecular weight is 339 g/mol. The third-order valence-electron chi connectivity index (χ3n) is 4.74. The quantitative estimate of drug-likeness (QED) is 0.850. The maximum Gasteiger partial charge on any atom is 0.290 e. The molecule has 5 heteroatoms. The van der Waals surface area contributed by atoms with Crippen LogP contribution < -0.4 is 10.5 Å². The van der Waals surface area contributed by atoms with Gasteiger partial charge in [0.05, 0.1) is 0 Å². The number of nitrogens with one attached hydrogen (secondary N) is 1. The molecule has 0 aliphatic carbocycles. The summed E-state index contributed by atoms with van der Waals surface area (Å²) in [6, 6.07) is 8.04. The number of Topliss-reactive ketones (excluding diaryl/α,β-unsaturated/α-hetero) is 1. The number of anilines is 1. The van der Waals surface area contributed by atoms with Crippen LogP contribution in [-0.4, -0.2) is 28.8 Å². The second-order valence-electron chi connectivity index (χ2n) is 7.16. The van der Waals surface area contributed by atoms with Crippen molar-refractivity contribution < 1.29 is 4.79 Å². The van der Waals surface area contributed by atoms with Gasteiger partial charge in [0.2, 0.25) is 0 Å². The molecule has 0 radical (unpaired) electrons. The zero-order chi connectivity index (χ0) is 17.8. The van der Waals surface area contributed by atoms with Crippen molar-refractivity contribution in [3.63, 3.8) is 0 Å². The second-order valence-corrected chi connectivity index (χ2v) is 7.16. The number of ketones is 1. The monoisotopic (exact) mass is 339 g/mol. The third kappa shape index (κ3) is 4.16. The fraction of sp³-hybridized carbons (Fsp3) is 0.450. The van der Waals surface area contributed by atoms with Gasteiger partial charge in [0.25, 0.3) is 5.56 Å². The van der Waals surface area contributed by atoms with E-state index in [0.29, 0.717) is 24.8 Å². The number of rotatable bonds is 5. The Balaban J connectivity index is 1.62. The average Bonchev–Trinajstić information content (AvgIpc) is 2.62. The van der Waals surface area contributed by atoms with Gasteiger partial charge in [-0.3, -0.25) is 9.59 Å². The van der Waals surface area contributed by atoms with E-state index in [9.17, 15) is 9.59 Å². The number of benzene rings is 1. The Morgan fingerprint density at radius 3 is 2.52 bits per heavy atom. The lowest BCUT2D eigenvalue weighted by molar-refractivity contribution is 0.0900. The van der Waals surface area contributed by atoms with Gasteiger partial charge >= 0.3 is 0 Å². The van der Waals surface area contributed by atoms with Crippen molar-refractivity contribution in [1.82, 2.24) is 9.97 Å². The van der Waals surface area contributed by atoms with Crippen LogP contribution in [0.3, 0.4) is 0 Å². The van der Waals surface area contributed by atoms with E-state index >= 15 is 0 Å². The number of H-pyrrole nitrogens is 1. The fourth-order valence-electron chi connectivity index (χ4n) is 3.43. The van der Waals surface area contributed by atoms with Gasteiger partial charge in [-0.2, -0.15) is 0 Å². The van der Waals surface area contributed by atoms with Crippen molar-refractivity contribution in [2.24, 2.45) is 11.8 Å². The Kier molecular flexibility index (Phi) is 5.31. The topological polar surface area (TPSA) is 66.1 Å². The molecule has 2 heterocycles. The van der Waals surface area contributed by atoms with Crippen LogP contribution in [0, 0.1) is 11.8 Å². The fourth-order valence-corrected chi connectivity index (χ4v) is 3.43. The van der Waals surface area contributed by atoms with Crippen LogP contribution >= 0.6 is 0 Å². The first-order valence-electron chi connectivity index (χ1n) is 8.96. The van der Waals surface area contributed by atoms with Crippen molar-refractivity contribution in [1.29, 1.82) is 0 Å². The molecule has 1 fully saturated rings. The van der Waals surface area contributed by atoms with Crippen LogP contribution in [0.5, 0.6) is 0 Å². The maximum absolute atomic E-state index is 12.7. The zero-order valence-corrected chi connectivity index (χ0v) is 14.9. The van der Waals surface area contributed by atoms with Gasteiger partial charge in [0.1, 0.15) is 0 Å². The Morgan fingerprint density at radius 1 is 1.24 bits per heavy atom. The molecule has 25 heavy (non-hydrogen) atoms. The molecule has 0 amide bonds. The highest BCUT2D eigenvalue weighted by Crippen LogP contribution is 2.24. The van der Waals surface area contributed by atoms with E-state index in [1.54, 1.807) is 6.20 Å². The molecule has 0 bridgehead atoms. The maximum atomic E-state index is 12.7. The van der Waals surface area contributed by atoms with Gasteiger partial charge in [0.15, 0.2) is 11.6 Å². The number of carbonyl (C=O) groups is 1. The second kappa shape index (κ2) is 7.64. The normalized spacial score (nSPS) is 15.6. The highest BCUT2D eigenvalue weighted by Gasteiger charge is 2.27. The number of piperidine rings is 1. The van der Waals surface area contributed by atoms with E-state index in [1.807, 2.05) is 17.0 Å². The van der Waals surface area contributed by atoms with Gasteiger partial charge in [-0.15, -0.1) is 0 Å². The van der Waals surface area contributed by atoms with Gasteiger partial charge in [-0.25, -0.2) is 4.98 Å². The Bertz CT molecular complexity index is 772. The predicted molar refractivity (Wildman–Crippen MR) is 99.1 cm³/mol. The summed E-state index contributed by atoms with van der Waals surface area (Å²) in [5.74, 6) is 1.30. The standard InChI is InChI=1S/C20H25N3O2/c1-14(2)13-15-3-5-16(6-4-15)18(24)17-7-11-23(12-8-17)19-20(25)22-10-9-21-19/h3-6,9-10,14,17H,7-8,11-13H2,1-2H3,(H,22,25). The van der Waals surface area contributed by atoms with Crippen LogP contribution in [-0.2, 0) is 6.42 Å². The summed E-state index contributed by atoms with van der Waals surface area (Å²) in [6.45, 7) is 5.75. The summed E-state index contributed by atoms with van der Waals surface area (Å²) < 4.78 is 0. The van der Waals surface area contributed by atoms with E-state index in [2.05, 4.69) is 35.9 Å². The highest BCUT2D eigenvalue weighted by atomic mass is 16.1. The minimum atomic E-state index is -0.173. The van der Waals surface area contributed by atoms with E-state index in [-0.39, 0.29) is 17.3 Å². The highest BCUT2D eigenvalue weighted by molar-refractivity contribution is 5.98. The van der Waals surface area contributed by atoms with Crippen molar-refractivity contribution in [2.45, 2.75) is 33.1 Å². The van der Waals surface area contributed by atoms with Crippen molar-refractivity contribution in [3.8, 4) is 0 Å². The molecule has 3 rings (SSSR count). The lowest BCUT2D eigenvalue weighted by Crippen LogP contribution is -2.39. The number of nitrogens with zero attached hydrogens (tertiary/aromatic N) is 2. The molecule has 1 saturated heterocycles. The van der Waals surface area contributed by atoms with Crippen molar-refractivity contribution in [3.05, 3.63) is 58.1 Å². The molecule has 2 aromatic rings. The molecule has 132 valence electrons. The van der Waals surface area contributed by atoms with Crippen LogP contribution in [0.2, 0.25) is 0 Å². The van der Waals surface area contributed by atoms with Gasteiger partial charge in [-0.1, -0.05) is 38.1 Å². The summed E-state index contributed by atoms with van der Waals surface area (Å²) in [6.07, 6.45) is 5.66. The number of hydrogen-bond acceptors (Lipinski definition) is 4. The first-order valence-corrected chi connectivity index (χ1v) is 8.96. The molecule has 1 N–H and O–H groups in total. The first kappa shape index (κ1) is 17.4. The summed E-state index contributed by atoms with van der Waals surface area (Å²) in [4.78, 5) is 33.4. The zero-order valence-electron chi connectivity index (χ0n) is 14.9. The molecule has 1 aliphatic heterocycles. The summed E-state index contributed by atoms with van der Waals surface area (Å²) >= 11 is 0. The van der Waals surface area contributed by atoms with Gasteiger partial charge in [-0.05, 0) is 30.7 Å². The minimum Gasteiger partial charge on any atom is -0.352 e. The van der Waals surface area contributed by atoms with E-state index in [1.165, 1.54) is 11.8 Å². The van der Waals surface area contributed by atoms with E-state index < -0.39 is 0 Å². The van der Waals surface area contributed by atoms with Crippen molar-refractivity contribution >= 4 is 11.6 Å². The molecule has 0 spiro atoms. The minimum absolute atomic E-state index is 0.0231. The molecule has 0 unspecified atom stereocenters. The third-order valence-corrected chi connectivity index (χ3v) is 4.74. The van der Waals surface area contributed by atoms with Crippen LogP contribution in [0.25, 0.3) is 0 Å². The Hall–Kier alpha value is -2.43. The summed E-state index contributed by atoms with van der Waals surface area (Å²) in [7, 11) is 0. The molecule has 5 nitrogen and oxygen atoms in total. The smallest absolute Gasteiger partial charge is 0.290 e.